The van der Waals surface area contributed by atoms with Crippen molar-refractivity contribution in [2.24, 2.45) is 0 Å². The van der Waals surface area contributed by atoms with Gasteiger partial charge in [0, 0.05) is 0 Å². The Hall–Kier alpha value is -0.200. The van der Waals surface area contributed by atoms with E-state index in [-0.39, 0.29) is 3.70 Å². The first-order valence-corrected chi connectivity index (χ1v) is 9.14. The zero-order valence-electron chi connectivity index (χ0n) is 13.4. The summed E-state index contributed by atoms with van der Waals surface area (Å²) in [7, 11) is 0. The number of aromatic nitrogens is 2. The van der Waals surface area contributed by atoms with E-state index in [4.69, 9.17) is 0 Å². The van der Waals surface area contributed by atoms with Crippen LogP contribution in [0.1, 0.15) is 78.6 Å². The molecule has 0 spiro atoms. The van der Waals surface area contributed by atoms with E-state index in [1.807, 2.05) is 6.92 Å². The fraction of sp³-hybridized carbons (Fsp3) is 0.812. The molecule has 0 aromatic carbocycles. The van der Waals surface area contributed by atoms with Gasteiger partial charge in [0.05, 0.1) is 5.54 Å². The number of nitrogens with zero attached hydrogens (tertiary/aromatic N) is 2. The third-order valence-electron chi connectivity index (χ3n) is 4.14. The topological polar surface area (TPSA) is 17.8 Å². The predicted octanol–water partition coefficient (Wildman–Crippen LogP) is 6.03. The molecule has 1 rings (SSSR count). The molecule has 1 aromatic rings. The van der Waals surface area contributed by atoms with Crippen LogP contribution in [0.2, 0.25) is 0 Å². The molecular weight excluding hydrogens is 385 g/mol. The van der Waals surface area contributed by atoms with Crippen LogP contribution in [0.5, 0.6) is 0 Å². The van der Waals surface area contributed by atoms with Crippen LogP contribution in [-0.2, 0) is 5.54 Å². The highest BCUT2D eigenvalue weighted by molar-refractivity contribution is 14.1. The van der Waals surface area contributed by atoms with E-state index >= 15 is 0 Å². The number of hydrogen-bond acceptors (Lipinski definition) is 1. The molecular formula is C16H27F2IN2. The fourth-order valence-electron chi connectivity index (χ4n) is 2.72. The molecule has 1 aromatic heterocycles. The molecule has 122 valence electrons. The first-order chi connectivity index (χ1) is 9.96. The fourth-order valence-corrected chi connectivity index (χ4v) is 3.15. The van der Waals surface area contributed by atoms with Crippen LogP contribution < -0.4 is 0 Å². The summed E-state index contributed by atoms with van der Waals surface area (Å²) >= 11 is 1.76. The molecule has 0 saturated carbocycles. The van der Waals surface area contributed by atoms with Gasteiger partial charge in [-0.3, -0.25) is 0 Å². The molecule has 1 atom stereocenters. The van der Waals surface area contributed by atoms with Crippen LogP contribution in [0.15, 0.2) is 0 Å². The molecule has 0 aliphatic heterocycles. The van der Waals surface area contributed by atoms with Crippen molar-refractivity contribution in [2.75, 3.05) is 0 Å². The van der Waals surface area contributed by atoms with E-state index in [2.05, 4.69) is 18.9 Å². The third-order valence-corrected chi connectivity index (χ3v) is 4.82. The lowest BCUT2D eigenvalue weighted by Crippen LogP contribution is -2.33. The van der Waals surface area contributed by atoms with E-state index in [9.17, 15) is 8.78 Å². The molecule has 0 amide bonds. The monoisotopic (exact) mass is 412 g/mol. The van der Waals surface area contributed by atoms with Crippen LogP contribution in [0.4, 0.5) is 8.78 Å². The normalized spacial score (nSPS) is 14.4. The number of rotatable bonds is 10. The van der Waals surface area contributed by atoms with Gasteiger partial charge < -0.3 is 0 Å². The lowest BCUT2D eigenvalue weighted by atomic mass is 9.88. The van der Waals surface area contributed by atoms with Gasteiger partial charge in [-0.05, 0) is 42.4 Å². The largest absolute Gasteiger partial charge is 0.249 e. The number of hydrogen-bond donors (Lipinski definition) is 0. The first kappa shape index (κ1) is 18.8. The molecule has 21 heavy (non-hydrogen) atoms. The molecule has 0 radical (unpaired) electrons. The van der Waals surface area contributed by atoms with Gasteiger partial charge in [-0.1, -0.05) is 58.8 Å². The Bertz CT molecular complexity index is 434. The van der Waals surface area contributed by atoms with Gasteiger partial charge in [0.1, 0.15) is 0 Å². The van der Waals surface area contributed by atoms with Crippen molar-refractivity contribution in [3.63, 3.8) is 0 Å². The molecule has 1 unspecified atom stereocenters. The summed E-state index contributed by atoms with van der Waals surface area (Å²) in [6.07, 6.45) is 9.61. The van der Waals surface area contributed by atoms with Gasteiger partial charge in [0.15, 0.2) is 3.70 Å². The van der Waals surface area contributed by atoms with Crippen molar-refractivity contribution in [1.82, 2.24) is 9.78 Å². The van der Waals surface area contributed by atoms with E-state index in [1.54, 1.807) is 22.6 Å². The molecule has 0 aliphatic carbocycles. The molecule has 2 nitrogen and oxygen atoms in total. The molecule has 0 aliphatic rings. The van der Waals surface area contributed by atoms with Crippen molar-refractivity contribution in [2.45, 2.75) is 84.1 Å². The summed E-state index contributed by atoms with van der Waals surface area (Å²) in [5.74, 6) is -1.63. The third kappa shape index (κ3) is 5.18. The molecule has 0 N–H and O–H groups in total. The Labute approximate surface area is 140 Å². The quantitative estimate of drug-likeness (QED) is 0.339. The van der Waals surface area contributed by atoms with Gasteiger partial charge in [0.25, 0.3) is 0 Å². The molecule has 5 heteroatoms. The summed E-state index contributed by atoms with van der Waals surface area (Å²) in [4.78, 5) is 0. The standard InChI is InChI=1S/C16H27F2IN2/c1-4-6-8-9-10-12-16(3,11-7-5-2)21-14(18)13(17)15(19)20-21/h4-12H2,1-3H3. The highest BCUT2D eigenvalue weighted by atomic mass is 127. The summed E-state index contributed by atoms with van der Waals surface area (Å²) in [5.41, 5.74) is -0.420. The maximum Gasteiger partial charge on any atom is 0.249 e. The minimum atomic E-state index is -0.815. The van der Waals surface area contributed by atoms with Gasteiger partial charge in [-0.25, -0.2) is 4.68 Å². The highest BCUT2D eigenvalue weighted by Gasteiger charge is 2.32. The van der Waals surface area contributed by atoms with Gasteiger partial charge in [0.2, 0.25) is 11.8 Å². The van der Waals surface area contributed by atoms with E-state index in [0.717, 1.165) is 38.5 Å². The lowest BCUT2D eigenvalue weighted by Gasteiger charge is -2.30. The van der Waals surface area contributed by atoms with E-state index < -0.39 is 17.3 Å². The van der Waals surface area contributed by atoms with Crippen molar-refractivity contribution in [1.29, 1.82) is 0 Å². The Morgan fingerprint density at radius 3 is 2.10 bits per heavy atom. The second-order valence-electron chi connectivity index (χ2n) is 6.07. The van der Waals surface area contributed by atoms with Crippen LogP contribution in [0, 0.1) is 15.5 Å². The van der Waals surface area contributed by atoms with E-state index in [1.165, 1.54) is 23.9 Å². The molecule has 0 saturated heterocycles. The zero-order chi connectivity index (χ0) is 15.9. The van der Waals surface area contributed by atoms with E-state index in [0.29, 0.717) is 0 Å². The molecule has 0 bridgehead atoms. The summed E-state index contributed by atoms with van der Waals surface area (Å²) in [6.45, 7) is 6.31. The predicted molar refractivity (Wildman–Crippen MR) is 91.4 cm³/mol. The van der Waals surface area contributed by atoms with Crippen LogP contribution in [0.3, 0.4) is 0 Å². The highest BCUT2D eigenvalue weighted by Crippen LogP contribution is 2.32. The smallest absolute Gasteiger partial charge is 0.230 e. The van der Waals surface area contributed by atoms with Crippen molar-refractivity contribution < 1.29 is 8.78 Å². The SMILES string of the molecule is CCCCCCCC(C)(CCCC)n1nc(I)c(F)c1F. The minimum absolute atomic E-state index is 0.124. The molecule has 1 heterocycles. The second-order valence-corrected chi connectivity index (χ2v) is 7.09. The Morgan fingerprint density at radius 2 is 1.57 bits per heavy atom. The van der Waals surface area contributed by atoms with Crippen molar-refractivity contribution in [3.05, 3.63) is 15.5 Å². The Kier molecular flexibility index (Phi) is 8.13. The van der Waals surface area contributed by atoms with Gasteiger partial charge in [-0.15, -0.1) is 0 Å². The van der Waals surface area contributed by atoms with Crippen molar-refractivity contribution in [3.8, 4) is 0 Å². The molecule has 0 fully saturated rings. The zero-order valence-corrected chi connectivity index (χ0v) is 15.5. The lowest BCUT2D eigenvalue weighted by molar-refractivity contribution is 0.196. The van der Waals surface area contributed by atoms with Crippen LogP contribution >= 0.6 is 22.6 Å². The Morgan fingerprint density at radius 1 is 1.00 bits per heavy atom. The minimum Gasteiger partial charge on any atom is -0.230 e. The summed E-state index contributed by atoms with van der Waals surface area (Å²) < 4.78 is 29.1. The van der Waals surface area contributed by atoms with Gasteiger partial charge >= 0.3 is 0 Å². The average molecular weight is 412 g/mol. The van der Waals surface area contributed by atoms with Crippen LogP contribution in [-0.4, -0.2) is 9.78 Å². The average Bonchev–Trinajstić information content (AvgIpc) is 2.73. The maximum atomic E-state index is 14.1. The summed E-state index contributed by atoms with van der Waals surface area (Å²) in [5, 5.41) is 4.10. The second kappa shape index (κ2) is 9.06. The first-order valence-electron chi connectivity index (χ1n) is 8.06. The van der Waals surface area contributed by atoms with Gasteiger partial charge in [-0.2, -0.15) is 13.9 Å². The summed E-state index contributed by atoms with van der Waals surface area (Å²) in [6, 6.07) is 0. The van der Waals surface area contributed by atoms with Crippen LogP contribution in [0.25, 0.3) is 0 Å². The van der Waals surface area contributed by atoms with Crippen molar-refractivity contribution >= 4 is 22.6 Å². The maximum absolute atomic E-state index is 14.1. The number of unbranched alkanes of at least 4 members (excludes halogenated alkanes) is 5. The number of halogens is 3. The Balaban J connectivity index is 2.79.